The number of aliphatic imine (C=N–C) groups is 1. The molecule has 0 radical (unpaired) electrons. The standard InChI is InChI=1S/C16H9ClN2O4/c17-11-6-4-10(5-7-11)15-9-14(20)16(23-15)18-12-2-1-3-13(8-12)19(21)22/h1-9H. The van der Waals surface area contributed by atoms with Crippen LogP contribution in [0.15, 0.2) is 59.6 Å². The fourth-order valence-electron chi connectivity index (χ4n) is 1.99. The molecule has 0 bridgehead atoms. The number of nitrogens with zero attached hydrogens (tertiary/aromatic N) is 2. The Labute approximate surface area is 135 Å². The van der Waals surface area contributed by atoms with Crippen molar-refractivity contribution in [1.82, 2.24) is 0 Å². The Morgan fingerprint density at radius 1 is 1.13 bits per heavy atom. The third kappa shape index (κ3) is 3.27. The van der Waals surface area contributed by atoms with Gasteiger partial charge in [0.2, 0.25) is 5.78 Å². The molecular formula is C16H9ClN2O4. The number of hydrogen-bond donors (Lipinski definition) is 0. The summed E-state index contributed by atoms with van der Waals surface area (Å²) < 4.78 is 5.45. The van der Waals surface area contributed by atoms with E-state index >= 15 is 0 Å². The highest BCUT2D eigenvalue weighted by Gasteiger charge is 2.24. The van der Waals surface area contributed by atoms with E-state index in [0.29, 0.717) is 16.3 Å². The molecule has 0 atom stereocenters. The first kappa shape index (κ1) is 14.9. The van der Waals surface area contributed by atoms with Crippen LogP contribution >= 0.6 is 11.6 Å². The molecule has 0 spiro atoms. The van der Waals surface area contributed by atoms with Crippen molar-refractivity contribution in [2.24, 2.45) is 4.99 Å². The minimum atomic E-state index is -0.529. The second-order valence-corrected chi connectivity index (χ2v) is 5.11. The first-order valence-electron chi connectivity index (χ1n) is 6.56. The van der Waals surface area contributed by atoms with E-state index in [1.165, 1.54) is 24.3 Å². The van der Waals surface area contributed by atoms with Crippen molar-refractivity contribution < 1.29 is 14.5 Å². The van der Waals surface area contributed by atoms with Gasteiger partial charge in [0.1, 0.15) is 5.76 Å². The zero-order valence-electron chi connectivity index (χ0n) is 11.6. The number of carbonyl (C=O) groups excluding carboxylic acids is 1. The van der Waals surface area contributed by atoms with Crippen LogP contribution in [0.25, 0.3) is 5.76 Å². The van der Waals surface area contributed by atoms with Gasteiger partial charge in [-0.25, -0.2) is 4.99 Å². The molecule has 1 heterocycles. The van der Waals surface area contributed by atoms with Gasteiger partial charge in [-0.3, -0.25) is 14.9 Å². The number of halogens is 1. The Kier molecular flexibility index (Phi) is 3.91. The van der Waals surface area contributed by atoms with E-state index in [2.05, 4.69) is 4.99 Å². The van der Waals surface area contributed by atoms with Crippen molar-refractivity contribution in [1.29, 1.82) is 0 Å². The highest BCUT2D eigenvalue weighted by atomic mass is 35.5. The minimum absolute atomic E-state index is 0.108. The van der Waals surface area contributed by atoms with E-state index in [1.807, 2.05) is 0 Å². The summed E-state index contributed by atoms with van der Waals surface area (Å²) in [6.45, 7) is 0. The number of non-ortho nitro benzene ring substituents is 1. The smallest absolute Gasteiger partial charge is 0.271 e. The summed E-state index contributed by atoms with van der Waals surface area (Å²) in [4.78, 5) is 26.2. The molecule has 0 unspecified atom stereocenters. The van der Waals surface area contributed by atoms with Crippen LogP contribution in [0.5, 0.6) is 0 Å². The summed E-state index contributed by atoms with van der Waals surface area (Å²) in [5.74, 6) is -0.173. The molecule has 7 heteroatoms. The molecule has 1 aliphatic rings. The first-order valence-corrected chi connectivity index (χ1v) is 6.94. The topological polar surface area (TPSA) is 81.8 Å². The lowest BCUT2D eigenvalue weighted by atomic mass is 10.2. The Morgan fingerprint density at radius 3 is 2.57 bits per heavy atom. The van der Waals surface area contributed by atoms with Crippen LogP contribution in [0.3, 0.4) is 0 Å². The number of nitro benzene ring substituents is 1. The largest absolute Gasteiger partial charge is 0.435 e. The zero-order chi connectivity index (χ0) is 16.4. The predicted molar refractivity (Wildman–Crippen MR) is 85.7 cm³/mol. The highest BCUT2D eigenvalue weighted by molar-refractivity contribution is 6.45. The van der Waals surface area contributed by atoms with Crippen LogP contribution < -0.4 is 0 Å². The van der Waals surface area contributed by atoms with Gasteiger partial charge < -0.3 is 4.74 Å². The monoisotopic (exact) mass is 328 g/mol. The molecule has 1 aliphatic heterocycles. The summed E-state index contributed by atoms with van der Waals surface area (Å²) in [5.41, 5.74) is 0.850. The minimum Gasteiger partial charge on any atom is -0.435 e. The van der Waals surface area contributed by atoms with Crippen LogP contribution in [-0.4, -0.2) is 16.6 Å². The van der Waals surface area contributed by atoms with E-state index in [-0.39, 0.29) is 17.3 Å². The zero-order valence-corrected chi connectivity index (χ0v) is 12.4. The molecule has 0 saturated carbocycles. The Balaban J connectivity index is 1.86. The summed E-state index contributed by atoms with van der Waals surface area (Å²) in [6.07, 6.45) is 1.32. The molecule has 0 saturated heterocycles. The summed E-state index contributed by atoms with van der Waals surface area (Å²) >= 11 is 5.82. The number of ether oxygens (including phenoxy) is 1. The molecule has 0 fully saturated rings. The molecule has 6 nitrogen and oxygen atoms in total. The average Bonchev–Trinajstić information content (AvgIpc) is 2.89. The predicted octanol–water partition coefficient (Wildman–Crippen LogP) is 3.92. The summed E-state index contributed by atoms with van der Waals surface area (Å²) in [5, 5.41) is 11.3. The molecule has 0 aromatic heterocycles. The molecular weight excluding hydrogens is 320 g/mol. The van der Waals surface area contributed by atoms with Gasteiger partial charge >= 0.3 is 0 Å². The number of carbonyl (C=O) groups is 1. The molecule has 23 heavy (non-hydrogen) atoms. The van der Waals surface area contributed by atoms with Crippen molar-refractivity contribution >= 4 is 40.4 Å². The maximum atomic E-state index is 12.0. The average molecular weight is 329 g/mol. The second-order valence-electron chi connectivity index (χ2n) is 4.68. The van der Waals surface area contributed by atoms with Crippen LogP contribution in [0.1, 0.15) is 5.56 Å². The molecule has 3 rings (SSSR count). The van der Waals surface area contributed by atoms with E-state index in [0.717, 1.165) is 0 Å². The van der Waals surface area contributed by atoms with Crippen LogP contribution in [0.4, 0.5) is 11.4 Å². The maximum Gasteiger partial charge on any atom is 0.271 e. The first-order chi connectivity index (χ1) is 11.0. The van der Waals surface area contributed by atoms with E-state index in [9.17, 15) is 14.9 Å². The van der Waals surface area contributed by atoms with Crippen molar-refractivity contribution in [2.45, 2.75) is 0 Å². The van der Waals surface area contributed by atoms with Crippen molar-refractivity contribution in [3.05, 3.63) is 75.3 Å². The van der Waals surface area contributed by atoms with E-state index < -0.39 is 10.7 Å². The number of benzene rings is 2. The number of hydrogen-bond acceptors (Lipinski definition) is 5. The van der Waals surface area contributed by atoms with Gasteiger partial charge in [0.25, 0.3) is 11.6 Å². The Hall–Kier alpha value is -2.99. The highest BCUT2D eigenvalue weighted by Crippen LogP contribution is 2.26. The van der Waals surface area contributed by atoms with Gasteiger partial charge in [-0.15, -0.1) is 0 Å². The number of nitro groups is 1. The van der Waals surface area contributed by atoms with Gasteiger partial charge in [-0.2, -0.15) is 0 Å². The maximum absolute atomic E-state index is 12.0. The third-order valence-electron chi connectivity index (χ3n) is 3.08. The quantitative estimate of drug-likeness (QED) is 0.631. The second kappa shape index (κ2) is 6.02. The molecule has 0 N–H and O–H groups in total. The van der Waals surface area contributed by atoms with Crippen molar-refractivity contribution in [2.75, 3.05) is 0 Å². The summed E-state index contributed by atoms with van der Waals surface area (Å²) in [6, 6.07) is 12.5. The molecule has 0 amide bonds. The van der Waals surface area contributed by atoms with Crippen LogP contribution in [0, 0.1) is 10.1 Å². The van der Waals surface area contributed by atoms with E-state index in [4.69, 9.17) is 16.3 Å². The molecule has 2 aromatic rings. The van der Waals surface area contributed by atoms with E-state index in [1.54, 1.807) is 30.3 Å². The van der Waals surface area contributed by atoms with Gasteiger partial charge in [-0.1, -0.05) is 17.7 Å². The molecule has 2 aromatic carbocycles. The number of ketones is 1. The Bertz CT molecular complexity index is 857. The SMILES string of the molecule is O=C1C=C(c2ccc(Cl)cc2)OC1=Nc1cccc([N+](=O)[O-])c1. The fraction of sp³-hybridized carbons (Fsp3) is 0. The Morgan fingerprint density at radius 2 is 1.87 bits per heavy atom. The normalized spacial score (nSPS) is 15.4. The molecule has 114 valence electrons. The van der Waals surface area contributed by atoms with Gasteiger partial charge in [0.05, 0.1) is 10.6 Å². The third-order valence-corrected chi connectivity index (χ3v) is 3.33. The summed E-state index contributed by atoms with van der Waals surface area (Å²) in [7, 11) is 0. The lowest BCUT2D eigenvalue weighted by Crippen LogP contribution is -2.06. The van der Waals surface area contributed by atoms with Gasteiger partial charge in [-0.05, 0) is 30.3 Å². The molecule has 0 aliphatic carbocycles. The van der Waals surface area contributed by atoms with Gasteiger partial charge in [0, 0.05) is 28.8 Å². The fourth-order valence-corrected chi connectivity index (χ4v) is 2.12. The van der Waals surface area contributed by atoms with Crippen molar-refractivity contribution in [3.63, 3.8) is 0 Å². The van der Waals surface area contributed by atoms with Crippen molar-refractivity contribution in [3.8, 4) is 0 Å². The number of rotatable bonds is 3. The van der Waals surface area contributed by atoms with Gasteiger partial charge in [0.15, 0.2) is 0 Å². The van der Waals surface area contributed by atoms with Crippen LogP contribution in [-0.2, 0) is 9.53 Å². The lowest BCUT2D eigenvalue weighted by molar-refractivity contribution is -0.384. The lowest BCUT2D eigenvalue weighted by Gasteiger charge is -2.03. The van der Waals surface area contributed by atoms with Crippen LogP contribution in [0.2, 0.25) is 5.02 Å².